The minimum atomic E-state index is 0.190. The maximum absolute atomic E-state index is 12.0. The summed E-state index contributed by atoms with van der Waals surface area (Å²) >= 11 is 0. The lowest BCUT2D eigenvalue weighted by Gasteiger charge is -2.21. The maximum atomic E-state index is 12.0. The number of benzene rings is 1. The molecule has 1 aromatic rings. The molecule has 2 rings (SSSR count). The fourth-order valence-electron chi connectivity index (χ4n) is 2.83. The number of hydrogen-bond donors (Lipinski definition) is 0. The highest BCUT2D eigenvalue weighted by Gasteiger charge is 2.22. The van der Waals surface area contributed by atoms with Crippen LogP contribution in [0.2, 0.25) is 0 Å². The molecular weight excluding hydrogens is 264 g/mol. The zero-order chi connectivity index (χ0) is 15.1. The molecule has 0 saturated heterocycles. The van der Waals surface area contributed by atoms with Crippen LogP contribution in [-0.2, 0) is 11.2 Å². The Balaban J connectivity index is 2.08. The Hall–Kier alpha value is -1.51. The maximum Gasteiger partial charge on any atom is 0.161 e. The summed E-state index contributed by atoms with van der Waals surface area (Å²) < 4.78 is 11.4. The van der Waals surface area contributed by atoms with Crippen LogP contribution < -0.4 is 9.47 Å². The van der Waals surface area contributed by atoms with Crippen molar-refractivity contribution in [2.45, 2.75) is 52.4 Å². The molecule has 116 valence electrons. The lowest BCUT2D eigenvalue weighted by molar-refractivity contribution is -0.124. The minimum Gasteiger partial charge on any atom is -0.490 e. The summed E-state index contributed by atoms with van der Waals surface area (Å²) in [5, 5.41) is 0. The van der Waals surface area contributed by atoms with Crippen molar-refractivity contribution >= 4 is 5.78 Å². The Morgan fingerprint density at radius 3 is 2.71 bits per heavy atom. The molecule has 0 aromatic heterocycles. The fourth-order valence-corrected chi connectivity index (χ4v) is 2.83. The SMILES string of the molecule is CCCOc1ccc(CC2CCCCC2=O)cc1OCC. The van der Waals surface area contributed by atoms with Crippen molar-refractivity contribution in [2.75, 3.05) is 13.2 Å². The molecule has 0 N–H and O–H groups in total. The van der Waals surface area contributed by atoms with Gasteiger partial charge in [0.15, 0.2) is 11.5 Å². The predicted molar refractivity (Wildman–Crippen MR) is 84.1 cm³/mol. The van der Waals surface area contributed by atoms with E-state index in [2.05, 4.69) is 13.0 Å². The molecule has 1 aromatic carbocycles. The van der Waals surface area contributed by atoms with Gasteiger partial charge >= 0.3 is 0 Å². The van der Waals surface area contributed by atoms with E-state index in [1.54, 1.807) is 0 Å². The average Bonchev–Trinajstić information content (AvgIpc) is 2.49. The molecule has 1 saturated carbocycles. The summed E-state index contributed by atoms with van der Waals surface area (Å²) in [4.78, 5) is 12.0. The monoisotopic (exact) mass is 290 g/mol. The predicted octanol–water partition coefficient (Wildman–Crippen LogP) is 4.18. The van der Waals surface area contributed by atoms with E-state index in [0.29, 0.717) is 19.0 Å². The molecule has 0 spiro atoms. The molecule has 1 fully saturated rings. The van der Waals surface area contributed by atoms with Crippen LogP contribution in [-0.4, -0.2) is 19.0 Å². The Labute approximate surface area is 127 Å². The first kappa shape index (κ1) is 15.9. The highest BCUT2D eigenvalue weighted by molar-refractivity contribution is 5.81. The third-order valence-corrected chi connectivity index (χ3v) is 3.93. The van der Waals surface area contributed by atoms with Gasteiger partial charge in [0.1, 0.15) is 5.78 Å². The number of Topliss-reactive ketones (excluding diaryl/α,β-unsaturated/α-hetero) is 1. The van der Waals surface area contributed by atoms with E-state index >= 15 is 0 Å². The van der Waals surface area contributed by atoms with Gasteiger partial charge in [0, 0.05) is 12.3 Å². The van der Waals surface area contributed by atoms with Crippen LogP contribution in [0.25, 0.3) is 0 Å². The van der Waals surface area contributed by atoms with E-state index in [4.69, 9.17) is 9.47 Å². The summed E-state index contributed by atoms with van der Waals surface area (Å²) in [7, 11) is 0. The Morgan fingerprint density at radius 1 is 1.14 bits per heavy atom. The quantitative estimate of drug-likeness (QED) is 0.756. The summed E-state index contributed by atoms with van der Waals surface area (Å²) in [6.07, 6.45) is 5.81. The van der Waals surface area contributed by atoms with Gasteiger partial charge in [-0.15, -0.1) is 0 Å². The number of rotatable bonds is 7. The van der Waals surface area contributed by atoms with Crippen LogP contribution in [0.4, 0.5) is 0 Å². The zero-order valence-electron chi connectivity index (χ0n) is 13.2. The third-order valence-electron chi connectivity index (χ3n) is 3.93. The molecule has 21 heavy (non-hydrogen) atoms. The molecule has 1 aliphatic carbocycles. The van der Waals surface area contributed by atoms with Crippen LogP contribution in [0.3, 0.4) is 0 Å². The van der Waals surface area contributed by atoms with Crippen LogP contribution >= 0.6 is 0 Å². The normalized spacial score (nSPS) is 18.6. The van der Waals surface area contributed by atoms with E-state index in [0.717, 1.165) is 43.6 Å². The molecule has 1 atom stereocenters. The van der Waals surface area contributed by atoms with E-state index in [-0.39, 0.29) is 5.92 Å². The molecule has 0 radical (unpaired) electrons. The smallest absolute Gasteiger partial charge is 0.161 e. The molecule has 1 aliphatic rings. The van der Waals surface area contributed by atoms with Gasteiger partial charge in [-0.1, -0.05) is 19.4 Å². The van der Waals surface area contributed by atoms with Gasteiger partial charge in [-0.25, -0.2) is 0 Å². The average molecular weight is 290 g/mol. The first-order chi connectivity index (χ1) is 10.2. The van der Waals surface area contributed by atoms with E-state index in [1.807, 2.05) is 19.1 Å². The zero-order valence-corrected chi connectivity index (χ0v) is 13.2. The van der Waals surface area contributed by atoms with Crippen molar-refractivity contribution in [3.05, 3.63) is 23.8 Å². The second-order valence-electron chi connectivity index (χ2n) is 5.68. The van der Waals surface area contributed by atoms with E-state index < -0.39 is 0 Å². The van der Waals surface area contributed by atoms with Gasteiger partial charge in [-0.2, -0.15) is 0 Å². The van der Waals surface area contributed by atoms with Crippen molar-refractivity contribution in [3.63, 3.8) is 0 Å². The second kappa shape index (κ2) is 8.06. The summed E-state index contributed by atoms with van der Waals surface area (Å²) in [5.41, 5.74) is 1.17. The number of carbonyl (C=O) groups excluding carboxylic acids is 1. The van der Waals surface area contributed by atoms with Crippen molar-refractivity contribution in [2.24, 2.45) is 5.92 Å². The molecule has 1 unspecified atom stereocenters. The van der Waals surface area contributed by atoms with Gasteiger partial charge in [-0.3, -0.25) is 4.79 Å². The molecule has 0 bridgehead atoms. The van der Waals surface area contributed by atoms with Crippen molar-refractivity contribution < 1.29 is 14.3 Å². The Kier molecular flexibility index (Phi) is 6.09. The van der Waals surface area contributed by atoms with Gasteiger partial charge in [-0.05, 0) is 50.3 Å². The highest BCUT2D eigenvalue weighted by atomic mass is 16.5. The number of ether oxygens (including phenoxy) is 2. The van der Waals surface area contributed by atoms with Gasteiger partial charge < -0.3 is 9.47 Å². The van der Waals surface area contributed by atoms with Crippen molar-refractivity contribution in [1.29, 1.82) is 0 Å². The van der Waals surface area contributed by atoms with Gasteiger partial charge in [0.2, 0.25) is 0 Å². The number of ketones is 1. The van der Waals surface area contributed by atoms with Crippen molar-refractivity contribution in [3.8, 4) is 11.5 Å². The topological polar surface area (TPSA) is 35.5 Å². The van der Waals surface area contributed by atoms with Crippen molar-refractivity contribution in [1.82, 2.24) is 0 Å². The van der Waals surface area contributed by atoms with Crippen LogP contribution in [0, 0.1) is 5.92 Å². The number of hydrogen-bond acceptors (Lipinski definition) is 3. The van der Waals surface area contributed by atoms with E-state index in [9.17, 15) is 4.79 Å². The minimum absolute atomic E-state index is 0.190. The standard InChI is InChI=1S/C18H26O3/c1-3-11-21-17-10-9-14(13-18(17)20-4-2)12-15-7-5-6-8-16(15)19/h9-10,13,15H,3-8,11-12H2,1-2H3. The summed E-state index contributed by atoms with van der Waals surface area (Å²) in [6, 6.07) is 6.08. The third kappa shape index (κ3) is 4.48. The van der Waals surface area contributed by atoms with Gasteiger partial charge in [0.05, 0.1) is 13.2 Å². The second-order valence-corrected chi connectivity index (χ2v) is 5.68. The lowest BCUT2D eigenvalue weighted by atomic mass is 9.84. The molecular formula is C18H26O3. The Bertz CT molecular complexity index is 468. The highest BCUT2D eigenvalue weighted by Crippen LogP contribution is 2.31. The molecule has 3 heteroatoms. The van der Waals surface area contributed by atoms with E-state index in [1.165, 1.54) is 12.0 Å². The van der Waals surface area contributed by atoms with Crippen LogP contribution in [0.1, 0.15) is 51.5 Å². The fraction of sp³-hybridized carbons (Fsp3) is 0.611. The summed E-state index contributed by atoms with van der Waals surface area (Å²) in [5.74, 6) is 2.21. The largest absolute Gasteiger partial charge is 0.490 e. The molecule has 0 amide bonds. The first-order valence-electron chi connectivity index (χ1n) is 8.15. The molecule has 0 heterocycles. The lowest BCUT2D eigenvalue weighted by Crippen LogP contribution is -2.21. The molecule has 3 nitrogen and oxygen atoms in total. The summed E-state index contributed by atoms with van der Waals surface area (Å²) in [6.45, 7) is 5.37. The van der Waals surface area contributed by atoms with Gasteiger partial charge in [0.25, 0.3) is 0 Å². The Morgan fingerprint density at radius 2 is 2.00 bits per heavy atom. The van der Waals surface area contributed by atoms with Crippen LogP contribution in [0.15, 0.2) is 18.2 Å². The van der Waals surface area contributed by atoms with Crippen LogP contribution in [0.5, 0.6) is 11.5 Å². The number of carbonyl (C=O) groups is 1. The molecule has 0 aliphatic heterocycles. The first-order valence-corrected chi connectivity index (χ1v) is 8.15.